The van der Waals surface area contributed by atoms with Gasteiger partial charge in [0, 0.05) is 12.6 Å². The molecule has 4 nitrogen and oxygen atoms in total. The van der Waals surface area contributed by atoms with Crippen LogP contribution in [-0.4, -0.2) is 22.3 Å². The van der Waals surface area contributed by atoms with Crippen LogP contribution in [0.4, 0.5) is 10.3 Å². The molecular formula is C16H22FN3O. The predicted molar refractivity (Wildman–Crippen MR) is 81.7 cm³/mol. The van der Waals surface area contributed by atoms with Crippen LogP contribution in [0.2, 0.25) is 0 Å². The summed E-state index contributed by atoms with van der Waals surface area (Å²) in [4.78, 5) is 4.23. The van der Waals surface area contributed by atoms with Crippen LogP contribution in [0.25, 0.3) is 11.0 Å². The van der Waals surface area contributed by atoms with Gasteiger partial charge in [0.1, 0.15) is 5.82 Å². The van der Waals surface area contributed by atoms with Gasteiger partial charge in [0.2, 0.25) is 5.95 Å². The molecular weight excluding hydrogens is 269 g/mol. The molecule has 1 aliphatic carbocycles. The minimum absolute atomic E-state index is 0.245. The molecule has 0 bridgehead atoms. The number of halogens is 1. The van der Waals surface area contributed by atoms with Crippen molar-refractivity contribution in [1.29, 1.82) is 0 Å². The van der Waals surface area contributed by atoms with E-state index in [0.29, 0.717) is 36.3 Å². The summed E-state index contributed by atoms with van der Waals surface area (Å²) < 4.78 is 21.4. The Bertz CT molecular complexity index is 632. The number of fused-ring (bicyclic) bond motifs is 1. The van der Waals surface area contributed by atoms with Crippen molar-refractivity contribution < 1.29 is 9.13 Å². The van der Waals surface area contributed by atoms with Crippen molar-refractivity contribution in [2.75, 3.05) is 12.3 Å². The van der Waals surface area contributed by atoms with Gasteiger partial charge < -0.3 is 15.0 Å². The molecule has 1 aromatic heterocycles. The maximum Gasteiger partial charge on any atom is 0.201 e. The SMILES string of the molecule is Cc1cc2c(cc1F)nc(N)n2CCOC1CCCCC1. The molecule has 1 aromatic carbocycles. The van der Waals surface area contributed by atoms with Crippen LogP contribution in [0.1, 0.15) is 37.7 Å². The highest BCUT2D eigenvalue weighted by molar-refractivity contribution is 5.79. The zero-order chi connectivity index (χ0) is 14.8. The summed E-state index contributed by atoms with van der Waals surface area (Å²) in [5, 5.41) is 0. The van der Waals surface area contributed by atoms with Crippen molar-refractivity contribution in [3.63, 3.8) is 0 Å². The molecule has 114 valence electrons. The highest BCUT2D eigenvalue weighted by Crippen LogP contribution is 2.23. The second-order valence-electron chi connectivity index (χ2n) is 5.84. The Hall–Kier alpha value is -1.62. The molecule has 0 radical (unpaired) electrons. The summed E-state index contributed by atoms with van der Waals surface area (Å²) in [6, 6.07) is 3.24. The Balaban J connectivity index is 1.71. The summed E-state index contributed by atoms with van der Waals surface area (Å²) in [6.45, 7) is 3.03. The number of hydrogen-bond donors (Lipinski definition) is 1. The lowest BCUT2D eigenvalue weighted by atomic mass is 9.98. The number of hydrogen-bond acceptors (Lipinski definition) is 3. The average Bonchev–Trinajstić information content (AvgIpc) is 2.76. The molecule has 1 fully saturated rings. The molecule has 2 aromatic rings. The van der Waals surface area contributed by atoms with Crippen LogP contribution in [0, 0.1) is 12.7 Å². The van der Waals surface area contributed by atoms with Crippen molar-refractivity contribution in [2.45, 2.75) is 51.7 Å². The summed E-state index contributed by atoms with van der Waals surface area (Å²) in [7, 11) is 0. The summed E-state index contributed by atoms with van der Waals surface area (Å²) in [5.41, 5.74) is 8.03. The van der Waals surface area contributed by atoms with Gasteiger partial charge in [-0.1, -0.05) is 19.3 Å². The fourth-order valence-corrected chi connectivity index (χ4v) is 3.05. The first-order valence-corrected chi connectivity index (χ1v) is 7.68. The average molecular weight is 291 g/mol. The van der Waals surface area contributed by atoms with E-state index < -0.39 is 0 Å². The van der Waals surface area contributed by atoms with Gasteiger partial charge in [0.15, 0.2) is 0 Å². The lowest BCUT2D eigenvalue weighted by Gasteiger charge is -2.22. The summed E-state index contributed by atoms with van der Waals surface area (Å²) in [6.07, 6.45) is 6.55. The van der Waals surface area contributed by atoms with Crippen molar-refractivity contribution in [1.82, 2.24) is 9.55 Å². The van der Waals surface area contributed by atoms with Crippen LogP contribution in [0.3, 0.4) is 0 Å². The predicted octanol–water partition coefficient (Wildman–Crippen LogP) is 3.42. The molecule has 3 rings (SSSR count). The zero-order valence-corrected chi connectivity index (χ0v) is 12.4. The first kappa shape index (κ1) is 14.3. The van der Waals surface area contributed by atoms with Crippen LogP contribution in [0.5, 0.6) is 0 Å². The summed E-state index contributed by atoms with van der Waals surface area (Å²) in [5.74, 6) is 0.174. The molecule has 5 heteroatoms. The molecule has 0 saturated heterocycles. The maximum absolute atomic E-state index is 13.6. The fraction of sp³-hybridized carbons (Fsp3) is 0.562. The quantitative estimate of drug-likeness (QED) is 0.939. The second-order valence-corrected chi connectivity index (χ2v) is 5.84. The van der Waals surface area contributed by atoms with Gasteiger partial charge in [0.05, 0.1) is 23.7 Å². The number of rotatable bonds is 4. The number of anilines is 1. The molecule has 2 N–H and O–H groups in total. The van der Waals surface area contributed by atoms with E-state index in [1.807, 2.05) is 4.57 Å². The molecule has 1 heterocycles. The molecule has 0 aliphatic heterocycles. The standard InChI is InChI=1S/C16H22FN3O/c1-11-9-15-14(10-13(11)17)19-16(18)20(15)7-8-21-12-5-3-2-4-6-12/h9-10,12H,2-8H2,1H3,(H2,18,19). The van der Waals surface area contributed by atoms with Gasteiger partial charge in [-0.2, -0.15) is 0 Å². The topological polar surface area (TPSA) is 53.1 Å². The number of nitrogens with zero attached hydrogens (tertiary/aromatic N) is 2. The molecule has 0 amide bonds. The Kier molecular flexibility index (Phi) is 4.10. The zero-order valence-electron chi connectivity index (χ0n) is 12.4. The van der Waals surface area contributed by atoms with Gasteiger partial charge >= 0.3 is 0 Å². The largest absolute Gasteiger partial charge is 0.376 e. The number of imidazole rings is 1. The van der Waals surface area contributed by atoms with E-state index in [1.165, 1.54) is 25.3 Å². The van der Waals surface area contributed by atoms with Crippen LogP contribution < -0.4 is 5.73 Å². The Morgan fingerprint density at radius 3 is 2.86 bits per heavy atom. The Morgan fingerprint density at radius 2 is 2.10 bits per heavy atom. The normalized spacial score (nSPS) is 16.7. The molecule has 0 spiro atoms. The van der Waals surface area contributed by atoms with Crippen molar-refractivity contribution in [3.05, 3.63) is 23.5 Å². The fourth-order valence-electron chi connectivity index (χ4n) is 3.05. The van der Waals surface area contributed by atoms with E-state index >= 15 is 0 Å². The van der Waals surface area contributed by atoms with Gasteiger partial charge in [-0.15, -0.1) is 0 Å². The minimum Gasteiger partial charge on any atom is -0.376 e. The van der Waals surface area contributed by atoms with E-state index in [-0.39, 0.29) is 5.82 Å². The van der Waals surface area contributed by atoms with E-state index in [1.54, 1.807) is 13.0 Å². The highest BCUT2D eigenvalue weighted by Gasteiger charge is 2.15. The number of benzene rings is 1. The molecule has 0 atom stereocenters. The van der Waals surface area contributed by atoms with Crippen molar-refractivity contribution in [3.8, 4) is 0 Å². The van der Waals surface area contributed by atoms with E-state index in [9.17, 15) is 4.39 Å². The van der Waals surface area contributed by atoms with Crippen LogP contribution in [-0.2, 0) is 11.3 Å². The lowest BCUT2D eigenvalue weighted by Crippen LogP contribution is -2.19. The first-order valence-electron chi connectivity index (χ1n) is 7.68. The number of aromatic nitrogens is 2. The van der Waals surface area contributed by atoms with Crippen LogP contribution in [0.15, 0.2) is 12.1 Å². The summed E-state index contributed by atoms with van der Waals surface area (Å²) >= 11 is 0. The second kappa shape index (κ2) is 6.02. The molecule has 1 saturated carbocycles. The number of nitrogens with two attached hydrogens (primary N) is 1. The number of nitrogen functional groups attached to an aromatic ring is 1. The monoisotopic (exact) mass is 291 g/mol. The third-order valence-electron chi connectivity index (χ3n) is 4.28. The third-order valence-corrected chi connectivity index (χ3v) is 4.28. The van der Waals surface area contributed by atoms with Gasteiger partial charge in [0.25, 0.3) is 0 Å². The Labute approximate surface area is 124 Å². The minimum atomic E-state index is -0.245. The number of aryl methyl sites for hydroxylation is 1. The Morgan fingerprint density at radius 1 is 1.33 bits per heavy atom. The first-order chi connectivity index (χ1) is 10.1. The van der Waals surface area contributed by atoms with E-state index in [4.69, 9.17) is 10.5 Å². The van der Waals surface area contributed by atoms with Gasteiger partial charge in [-0.3, -0.25) is 0 Å². The molecule has 0 unspecified atom stereocenters. The highest BCUT2D eigenvalue weighted by atomic mass is 19.1. The van der Waals surface area contributed by atoms with Crippen molar-refractivity contribution >= 4 is 17.0 Å². The molecule has 21 heavy (non-hydrogen) atoms. The number of ether oxygens (including phenoxy) is 1. The third kappa shape index (κ3) is 3.02. The smallest absolute Gasteiger partial charge is 0.201 e. The van der Waals surface area contributed by atoms with Gasteiger partial charge in [-0.25, -0.2) is 9.37 Å². The van der Waals surface area contributed by atoms with Crippen LogP contribution >= 0.6 is 0 Å². The van der Waals surface area contributed by atoms with Crippen molar-refractivity contribution in [2.24, 2.45) is 0 Å². The maximum atomic E-state index is 13.6. The van der Waals surface area contributed by atoms with Gasteiger partial charge in [-0.05, 0) is 31.4 Å². The molecule has 1 aliphatic rings. The van der Waals surface area contributed by atoms with E-state index in [0.717, 1.165) is 18.4 Å². The van der Waals surface area contributed by atoms with E-state index in [2.05, 4.69) is 4.98 Å². The lowest BCUT2D eigenvalue weighted by molar-refractivity contribution is 0.0246.